The maximum Gasteiger partial charge on any atom is 0.257 e. The van der Waals surface area contributed by atoms with Gasteiger partial charge in [0, 0.05) is 6.42 Å². The van der Waals surface area contributed by atoms with Crippen LogP contribution >= 0.6 is 11.8 Å². The third-order valence-electron chi connectivity index (χ3n) is 2.41. The molecule has 0 fully saturated rings. The van der Waals surface area contributed by atoms with Crippen LogP contribution in [0.2, 0.25) is 0 Å². The summed E-state index contributed by atoms with van der Waals surface area (Å²) in [5.41, 5.74) is 1.66. The van der Waals surface area contributed by atoms with Gasteiger partial charge in [-0.2, -0.15) is 4.98 Å². The molecule has 92 valence electrons. The number of para-hydroxylation sites is 2. The Morgan fingerprint density at radius 2 is 2.11 bits per heavy atom. The molecule has 1 aromatic carbocycles. The van der Waals surface area contributed by atoms with Crippen molar-refractivity contribution in [2.75, 3.05) is 0 Å². The molecule has 0 unspecified atom stereocenters. The maximum absolute atomic E-state index is 5.59. The molecule has 18 heavy (non-hydrogen) atoms. The molecule has 0 aliphatic carbocycles. The fourth-order valence-corrected chi connectivity index (χ4v) is 2.21. The smallest absolute Gasteiger partial charge is 0.257 e. The van der Waals surface area contributed by atoms with E-state index in [4.69, 9.17) is 8.94 Å². The highest BCUT2D eigenvalue weighted by atomic mass is 32.2. The Bertz CT molecular complexity index is 629. The summed E-state index contributed by atoms with van der Waals surface area (Å²) in [7, 11) is 0. The van der Waals surface area contributed by atoms with Crippen molar-refractivity contribution in [1.29, 1.82) is 0 Å². The van der Waals surface area contributed by atoms with Crippen LogP contribution < -0.4 is 0 Å². The monoisotopic (exact) mass is 261 g/mol. The van der Waals surface area contributed by atoms with Gasteiger partial charge < -0.3 is 8.94 Å². The van der Waals surface area contributed by atoms with Crippen molar-refractivity contribution in [3.8, 4) is 0 Å². The number of hydrogen-bond acceptors (Lipinski definition) is 6. The first-order valence-electron chi connectivity index (χ1n) is 5.65. The number of nitrogens with zero attached hydrogens (tertiary/aromatic N) is 3. The summed E-state index contributed by atoms with van der Waals surface area (Å²) >= 11 is 1.46. The van der Waals surface area contributed by atoms with Crippen molar-refractivity contribution in [3.05, 3.63) is 36.0 Å². The van der Waals surface area contributed by atoms with Crippen LogP contribution in [0.4, 0.5) is 0 Å². The fourth-order valence-electron chi connectivity index (χ4n) is 1.53. The molecule has 0 spiro atoms. The van der Waals surface area contributed by atoms with E-state index in [1.54, 1.807) is 0 Å². The zero-order valence-corrected chi connectivity index (χ0v) is 10.6. The lowest BCUT2D eigenvalue weighted by atomic mass is 10.3. The summed E-state index contributed by atoms with van der Waals surface area (Å²) in [5.74, 6) is 1.92. The van der Waals surface area contributed by atoms with Crippen LogP contribution in [0, 0.1) is 0 Å². The number of aryl methyl sites for hydroxylation is 1. The Kier molecular flexibility index (Phi) is 3.02. The van der Waals surface area contributed by atoms with Crippen molar-refractivity contribution >= 4 is 22.9 Å². The number of hydrogen-bond donors (Lipinski definition) is 0. The van der Waals surface area contributed by atoms with Gasteiger partial charge in [0.1, 0.15) is 5.52 Å². The van der Waals surface area contributed by atoms with Crippen LogP contribution in [0.3, 0.4) is 0 Å². The minimum absolute atomic E-state index is 0.594. The van der Waals surface area contributed by atoms with E-state index in [9.17, 15) is 0 Å². The van der Waals surface area contributed by atoms with Gasteiger partial charge in [0.15, 0.2) is 11.4 Å². The molecule has 0 atom stereocenters. The molecule has 2 aromatic heterocycles. The quantitative estimate of drug-likeness (QED) is 0.672. The second kappa shape index (κ2) is 4.81. The zero-order chi connectivity index (χ0) is 12.4. The SMILES string of the molecule is CCc1nc(CSc2nc3ccccc3o2)no1. The summed E-state index contributed by atoms with van der Waals surface area (Å²) in [6.45, 7) is 1.98. The van der Waals surface area contributed by atoms with Gasteiger partial charge in [-0.05, 0) is 12.1 Å². The number of fused-ring (bicyclic) bond motifs is 1. The summed E-state index contributed by atoms with van der Waals surface area (Å²) in [6.07, 6.45) is 0.751. The van der Waals surface area contributed by atoms with Crippen molar-refractivity contribution in [1.82, 2.24) is 15.1 Å². The average molecular weight is 261 g/mol. The second-order valence-electron chi connectivity index (χ2n) is 3.69. The molecule has 0 aliphatic rings. The van der Waals surface area contributed by atoms with Crippen LogP contribution in [0.5, 0.6) is 0 Å². The normalized spacial score (nSPS) is 11.2. The number of aromatic nitrogens is 3. The Morgan fingerprint density at radius 3 is 2.89 bits per heavy atom. The molecule has 0 radical (unpaired) electrons. The molecule has 3 aromatic rings. The lowest BCUT2D eigenvalue weighted by Gasteiger charge is -1.89. The minimum atomic E-state index is 0.594. The van der Waals surface area contributed by atoms with Crippen molar-refractivity contribution in [2.45, 2.75) is 24.3 Å². The summed E-state index contributed by atoms with van der Waals surface area (Å²) in [5, 5.41) is 4.50. The molecule has 3 rings (SSSR count). The Morgan fingerprint density at radius 1 is 1.22 bits per heavy atom. The summed E-state index contributed by atoms with van der Waals surface area (Å²) < 4.78 is 10.6. The van der Waals surface area contributed by atoms with Crippen LogP contribution in [-0.4, -0.2) is 15.1 Å². The number of benzene rings is 1. The second-order valence-corrected chi connectivity index (χ2v) is 4.62. The van der Waals surface area contributed by atoms with Gasteiger partial charge in [0.25, 0.3) is 5.22 Å². The largest absolute Gasteiger partial charge is 0.431 e. The number of thioether (sulfide) groups is 1. The predicted molar refractivity (Wildman–Crippen MR) is 67.2 cm³/mol. The van der Waals surface area contributed by atoms with E-state index in [-0.39, 0.29) is 0 Å². The van der Waals surface area contributed by atoms with E-state index in [2.05, 4.69) is 15.1 Å². The lowest BCUT2D eigenvalue weighted by molar-refractivity contribution is 0.378. The third-order valence-corrected chi connectivity index (χ3v) is 3.24. The van der Waals surface area contributed by atoms with Gasteiger partial charge in [-0.3, -0.25) is 0 Å². The highest BCUT2D eigenvalue weighted by Crippen LogP contribution is 2.25. The first-order valence-corrected chi connectivity index (χ1v) is 6.63. The molecule has 0 aliphatic heterocycles. The van der Waals surface area contributed by atoms with Gasteiger partial charge in [-0.15, -0.1) is 0 Å². The van der Waals surface area contributed by atoms with Crippen molar-refractivity contribution in [2.24, 2.45) is 0 Å². The number of oxazole rings is 1. The molecule has 0 saturated heterocycles. The maximum atomic E-state index is 5.59. The fraction of sp³-hybridized carbons (Fsp3) is 0.250. The predicted octanol–water partition coefficient (Wildman–Crippen LogP) is 3.07. The highest BCUT2D eigenvalue weighted by molar-refractivity contribution is 7.98. The van der Waals surface area contributed by atoms with Gasteiger partial charge in [0.05, 0.1) is 5.75 Å². The van der Waals surface area contributed by atoms with Gasteiger partial charge >= 0.3 is 0 Å². The molecule has 0 amide bonds. The van der Waals surface area contributed by atoms with E-state index in [1.165, 1.54) is 11.8 Å². The average Bonchev–Trinajstić information content (AvgIpc) is 3.02. The van der Waals surface area contributed by atoms with E-state index in [0.717, 1.165) is 17.5 Å². The van der Waals surface area contributed by atoms with E-state index in [1.807, 2.05) is 31.2 Å². The van der Waals surface area contributed by atoms with Crippen LogP contribution in [0.1, 0.15) is 18.6 Å². The molecule has 6 heteroatoms. The zero-order valence-electron chi connectivity index (χ0n) is 9.79. The van der Waals surface area contributed by atoms with Crippen molar-refractivity contribution < 1.29 is 8.94 Å². The molecule has 5 nitrogen and oxygen atoms in total. The highest BCUT2D eigenvalue weighted by Gasteiger charge is 2.09. The van der Waals surface area contributed by atoms with Crippen molar-refractivity contribution in [3.63, 3.8) is 0 Å². The first kappa shape index (κ1) is 11.3. The van der Waals surface area contributed by atoms with E-state index >= 15 is 0 Å². The molecular formula is C12H11N3O2S. The summed E-state index contributed by atoms with van der Waals surface area (Å²) in [6, 6.07) is 7.68. The Hall–Kier alpha value is -1.82. The van der Waals surface area contributed by atoms with Crippen LogP contribution in [0.25, 0.3) is 11.1 Å². The van der Waals surface area contributed by atoms with Gasteiger partial charge in [-0.25, -0.2) is 4.98 Å². The third kappa shape index (κ3) is 2.24. The molecule has 0 N–H and O–H groups in total. The van der Waals surface area contributed by atoms with E-state index in [0.29, 0.717) is 22.7 Å². The molecule has 0 saturated carbocycles. The Labute approximate surface area is 108 Å². The molecule has 0 bridgehead atoms. The van der Waals surface area contributed by atoms with Crippen LogP contribution in [-0.2, 0) is 12.2 Å². The topological polar surface area (TPSA) is 65.0 Å². The first-order chi connectivity index (χ1) is 8.85. The Balaban J connectivity index is 1.72. The summed E-state index contributed by atoms with van der Waals surface area (Å²) in [4.78, 5) is 8.59. The van der Waals surface area contributed by atoms with Crippen LogP contribution in [0.15, 0.2) is 38.4 Å². The minimum Gasteiger partial charge on any atom is -0.431 e. The molecular weight excluding hydrogens is 250 g/mol. The van der Waals surface area contributed by atoms with Gasteiger partial charge in [0.2, 0.25) is 5.89 Å². The number of rotatable bonds is 4. The van der Waals surface area contributed by atoms with E-state index < -0.39 is 0 Å². The standard InChI is InChI=1S/C12H11N3O2S/c1-2-11-14-10(15-17-11)7-18-12-13-8-5-3-4-6-9(8)16-12/h3-6H,2,7H2,1H3. The molecule has 2 heterocycles. The lowest BCUT2D eigenvalue weighted by Crippen LogP contribution is -1.85. The van der Waals surface area contributed by atoms with Gasteiger partial charge in [-0.1, -0.05) is 36.0 Å².